The highest BCUT2D eigenvalue weighted by atomic mass is 16.4. The van der Waals surface area contributed by atoms with E-state index in [0.717, 1.165) is 50.9 Å². The number of piperidine rings is 2. The molecule has 3 aromatic rings. The van der Waals surface area contributed by atoms with Crippen LogP contribution in [-0.4, -0.2) is 46.7 Å². The molecule has 0 atom stereocenters. The minimum Gasteiger partial charge on any atom is -0.478 e. The van der Waals surface area contributed by atoms with Gasteiger partial charge in [-0.1, -0.05) is 36.4 Å². The maximum Gasteiger partial charge on any atom is 0.338 e. The second kappa shape index (κ2) is 9.49. The van der Waals surface area contributed by atoms with Crippen molar-refractivity contribution in [3.8, 4) is 5.69 Å². The van der Waals surface area contributed by atoms with Crippen molar-refractivity contribution in [1.29, 1.82) is 0 Å². The van der Waals surface area contributed by atoms with Crippen molar-refractivity contribution in [3.63, 3.8) is 0 Å². The van der Waals surface area contributed by atoms with Gasteiger partial charge < -0.3 is 10.4 Å². The van der Waals surface area contributed by atoms with Crippen LogP contribution in [0.2, 0.25) is 0 Å². The zero-order chi connectivity index (χ0) is 22.8. The number of likely N-dealkylation sites (tertiary alicyclic amines) is 1. The van der Waals surface area contributed by atoms with E-state index in [1.54, 1.807) is 28.8 Å². The van der Waals surface area contributed by atoms with E-state index in [2.05, 4.69) is 10.2 Å². The predicted octanol–water partition coefficient (Wildman–Crippen LogP) is 3.90. The normalized spacial score (nSPS) is 18.5. The van der Waals surface area contributed by atoms with E-state index in [4.69, 9.17) is 0 Å². The molecule has 172 valence electrons. The molecule has 6 heteroatoms. The van der Waals surface area contributed by atoms with Crippen molar-refractivity contribution in [2.45, 2.75) is 32.2 Å². The van der Waals surface area contributed by atoms with Crippen LogP contribution in [0.5, 0.6) is 0 Å². The van der Waals surface area contributed by atoms with Gasteiger partial charge >= 0.3 is 5.97 Å². The molecule has 0 saturated carbocycles. The first kappa shape index (κ1) is 21.9. The maximum absolute atomic E-state index is 13.6. The molecule has 6 nitrogen and oxygen atoms in total. The Morgan fingerprint density at radius 3 is 2.15 bits per heavy atom. The molecule has 0 spiro atoms. The van der Waals surface area contributed by atoms with Gasteiger partial charge in [-0.05, 0) is 81.9 Å². The zero-order valence-electron chi connectivity index (χ0n) is 18.9. The van der Waals surface area contributed by atoms with Gasteiger partial charge in [0.1, 0.15) is 0 Å². The fourth-order valence-electron chi connectivity index (χ4n) is 5.75. The van der Waals surface area contributed by atoms with Crippen molar-refractivity contribution in [1.82, 2.24) is 14.8 Å². The fourth-order valence-corrected chi connectivity index (χ4v) is 5.75. The van der Waals surface area contributed by atoms with Gasteiger partial charge in [0.05, 0.1) is 11.3 Å². The van der Waals surface area contributed by atoms with E-state index < -0.39 is 5.97 Å². The third-order valence-corrected chi connectivity index (χ3v) is 7.47. The molecule has 33 heavy (non-hydrogen) atoms. The van der Waals surface area contributed by atoms with Crippen LogP contribution in [0.4, 0.5) is 0 Å². The lowest BCUT2D eigenvalue weighted by Crippen LogP contribution is -2.40. The average Bonchev–Trinajstić information content (AvgIpc) is 2.86. The SMILES string of the molecule is O=C(O)c1c(CN2CCC(C3CCNCC3)CC2)n(-c2ccccc2)c(=O)c2ccccc12. The summed E-state index contributed by atoms with van der Waals surface area (Å²) in [5.41, 5.74) is 1.34. The first-order valence-corrected chi connectivity index (χ1v) is 12.0. The van der Waals surface area contributed by atoms with E-state index in [0.29, 0.717) is 28.7 Å². The van der Waals surface area contributed by atoms with E-state index in [-0.39, 0.29) is 11.1 Å². The number of aromatic carboxylic acids is 1. The summed E-state index contributed by atoms with van der Waals surface area (Å²) in [5, 5.41) is 14.6. The molecule has 0 bridgehead atoms. The third kappa shape index (κ3) is 4.33. The Hall–Kier alpha value is -2.96. The van der Waals surface area contributed by atoms with E-state index >= 15 is 0 Å². The smallest absolute Gasteiger partial charge is 0.338 e. The van der Waals surface area contributed by atoms with Crippen LogP contribution in [0, 0.1) is 11.8 Å². The number of fused-ring (bicyclic) bond motifs is 1. The van der Waals surface area contributed by atoms with E-state index in [9.17, 15) is 14.7 Å². The summed E-state index contributed by atoms with van der Waals surface area (Å²) in [5.74, 6) is 0.553. The highest BCUT2D eigenvalue weighted by molar-refractivity contribution is 6.04. The van der Waals surface area contributed by atoms with Crippen LogP contribution in [0.1, 0.15) is 41.7 Å². The number of aromatic nitrogens is 1. The van der Waals surface area contributed by atoms with Gasteiger partial charge in [-0.25, -0.2) is 4.79 Å². The maximum atomic E-state index is 13.6. The highest BCUT2D eigenvalue weighted by Gasteiger charge is 2.29. The van der Waals surface area contributed by atoms with Crippen molar-refractivity contribution in [2.75, 3.05) is 26.2 Å². The van der Waals surface area contributed by atoms with Crippen molar-refractivity contribution < 1.29 is 9.90 Å². The lowest BCUT2D eigenvalue weighted by Gasteiger charge is -2.38. The summed E-state index contributed by atoms with van der Waals surface area (Å²) in [6.07, 6.45) is 4.78. The Morgan fingerprint density at radius 1 is 0.879 bits per heavy atom. The topological polar surface area (TPSA) is 74.6 Å². The number of carboxylic acid groups (broad SMARTS) is 1. The Labute approximate surface area is 193 Å². The van der Waals surface area contributed by atoms with Gasteiger partial charge in [-0.3, -0.25) is 14.3 Å². The number of nitrogens with zero attached hydrogens (tertiary/aromatic N) is 2. The van der Waals surface area contributed by atoms with Crippen molar-refractivity contribution >= 4 is 16.7 Å². The number of benzene rings is 2. The molecule has 5 rings (SSSR count). The lowest BCUT2D eigenvalue weighted by molar-refractivity contribution is 0.0693. The summed E-state index contributed by atoms with van der Waals surface area (Å²) in [4.78, 5) is 28.4. The molecule has 0 unspecified atom stereocenters. The summed E-state index contributed by atoms with van der Waals surface area (Å²) >= 11 is 0. The number of carbonyl (C=O) groups is 1. The minimum absolute atomic E-state index is 0.165. The van der Waals surface area contributed by atoms with Crippen LogP contribution in [0.3, 0.4) is 0 Å². The van der Waals surface area contributed by atoms with E-state index in [1.165, 1.54) is 12.8 Å². The fraction of sp³-hybridized carbons (Fsp3) is 0.407. The van der Waals surface area contributed by atoms with Gasteiger partial charge in [0.15, 0.2) is 0 Å². The zero-order valence-corrected chi connectivity index (χ0v) is 18.9. The Morgan fingerprint density at radius 2 is 1.48 bits per heavy atom. The minimum atomic E-state index is -0.990. The van der Waals surface area contributed by atoms with Gasteiger partial charge in [-0.2, -0.15) is 0 Å². The molecule has 0 radical (unpaired) electrons. The van der Waals surface area contributed by atoms with Crippen molar-refractivity contribution in [2.24, 2.45) is 11.8 Å². The Bertz CT molecular complexity index is 1190. The van der Waals surface area contributed by atoms with Gasteiger partial charge in [0, 0.05) is 23.0 Å². The second-order valence-electron chi connectivity index (χ2n) is 9.35. The molecule has 3 heterocycles. The average molecular weight is 446 g/mol. The standard InChI is InChI=1S/C27H31N3O3/c31-26-23-9-5-4-8-22(23)25(27(32)33)24(30(26)21-6-2-1-3-7-21)18-29-16-12-20(13-17-29)19-10-14-28-15-11-19/h1-9,19-20,28H,10-18H2,(H,32,33). The number of carboxylic acids is 1. The molecule has 2 aliphatic rings. The molecule has 2 fully saturated rings. The first-order chi connectivity index (χ1) is 16.1. The number of rotatable bonds is 5. The number of pyridine rings is 1. The number of hydrogen-bond donors (Lipinski definition) is 2. The monoisotopic (exact) mass is 445 g/mol. The highest BCUT2D eigenvalue weighted by Crippen LogP contribution is 2.32. The van der Waals surface area contributed by atoms with Crippen LogP contribution in [0.25, 0.3) is 16.5 Å². The van der Waals surface area contributed by atoms with Crippen molar-refractivity contribution in [3.05, 3.63) is 76.2 Å². The summed E-state index contributed by atoms with van der Waals surface area (Å²) in [6.45, 7) is 4.56. The first-order valence-electron chi connectivity index (χ1n) is 12.0. The van der Waals surface area contributed by atoms with Crippen LogP contribution in [-0.2, 0) is 6.54 Å². The predicted molar refractivity (Wildman–Crippen MR) is 130 cm³/mol. The molecule has 2 aliphatic heterocycles. The molecule has 2 saturated heterocycles. The van der Waals surface area contributed by atoms with Gasteiger partial charge in [0.2, 0.25) is 0 Å². The molecule has 2 aromatic carbocycles. The summed E-state index contributed by atoms with van der Waals surface area (Å²) < 4.78 is 1.62. The number of hydrogen-bond acceptors (Lipinski definition) is 4. The van der Waals surface area contributed by atoms with Crippen LogP contribution < -0.4 is 10.9 Å². The summed E-state index contributed by atoms with van der Waals surface area (Å²) in [7, 11) is 0. The lowest BCUT2D eigenvalue weighted by atomic mass is 9.79. The van der Waals surface area contributed by atoms with Gasteiger partial charge in [-0.15, -0.1) is 0 Å². The summed E-state index contributed by atoms with van der Waals surface area (Å²) in [6, 6.07) is 16.5. The molecular weight excluding hydrogens is 414 g/mol. The molecule has 0 amide bonds. The molecule has 2 N–H and O–H groups in total. The number of nitrogens with one attached hydrogen (secondary N) is 1. The van der Waals surface area contributed by atoms with E-state index in [1.807, 2.05) is 30.3 Å². The Balaban J connectivity index is 1.52. The second-order valence-corrected chi connectivity index (χ2v) is 9.35. The third-order valence-electron chi connectivity index (χ3n) is 7.47. The largest absolute Gasteiger partial charge is 0.478 e. The quantitative estimate of drug-likeness (QED) is 0.623. The number of para-hydroxylation sites is 1. The Kier molecular flexibility index (Phi) is 6.29. The van der Waals surface area contributed by atoms with Gasteiger partial charge in [0.25, 0.3) is 5.56 Å². The van der Waals surface area contributed by atoms with Crippen LogP contribution in [0.15, 0.2) is 59.4 Å². The molecule has 1 aromatic heterocycles. The molecular formula is C27H31N3O3. The van der Waals surface area contributed by atoms with Crippen LogP contribution >= 0.6 is 0 Å². The molecule has 0 aliphatic carbocycles.